The molecule has 11 heavy (non-hydrogen) atoms. The molecule has 0 saturated heterocycles. The maximum atomic E-state index is 12.2. The van der Waals surface area contributed by atoms with Gasteiger partial charge in [0.2, 0.25) is 0 Å². The standard InChI is InChI=1S/C7H11FN2O/c1-3-4-7(5-11-9)10-6(2)8/h3-4H,1,5,9H2,2H3/b7-4-,10-6?. The largest absolute Gasteiger partial charge is 0.298 e. The van der Waals surface area contributed by atoms with E-state index in [4.69, 9.17) is 5.90 Å². The predicted octanol–water partition coefficient (Wildman–Crippen LogP) is 1.33. The maximum absolute atomic E-state index is 12.2. The summed E-state index contributed by atoms with van der Waals surface area (Å²) in [6.07, 6.45) is 3.01. The average molecular weight is 158 g/mol. The first-order valence-corrected chi connectivity index (χ1v) is 3.04. The van der Waals surface area contributed by atoms with Crippen LogP contribution in [0, 0.1) is 0 Å². The molecular formula is C7H11FN2O. The predicted molar refractivity (Wildman–Crippen MR) is 42.6 cm³/mol. The van der Waals surface area contributed by atoms with Crippen molar-refractivity contribution >= 4 is 5.97 Å². The average Bonchev–Trinajstić information content (AvgIpc) is 1.87. The molecule has 3 nitrogen and oxygen atoms in total. The number of nitrogens with two attached hydrogens (primary N) is 1. The first-order chi connectivity index (χ1) is 5.20. The minimum Gasteiger partial charge on any atom is -0.298 e. The molecule has 0 fully saturated rings. The van der Waals surface area contributed by atoms with E-state index in [1.54, 1.807) is 0 Å². The van der Waals surface area contributed by atoms with Gasteiger partial charge in [-0.2, -0.15) is 4.39 Å². The van der Waals surface area contributed by atoms with Crippen molar-refractivity contribution in [2.75, 3.05) is 6.61 Å². The minimum atomic E-state index is -0.532. The highest BCUT2D eigenvalue weighted by molar-refractivity contribution is 5.72. The molecule has 0 atom stereocenters. The zero-order valence-electron chi connectivity index (χ0n) is 6.38. The van der Waals surface area contributed by atoms with Crippen LogP contribution in [0.25, 0.3) is 0 Å². The van der Waals surface area contributed by atoms with Crippen molar-refractivity contribution in [1.82, 2.24) is 0 Å². The van der Waals surface area contributed by atoms with Gasteiger partial charge in [-0.25, -0.2) is 10.9 Å². The molecule has 0 aliphatic rings. The lowest BCUT2D eigenvalue weighted by Crippen LogP contribution is -2.03. The number of hydrogen-bond donors (Lipinski definition) is 1. The molecule has 0 aromatic rings. The van der Waals surface area contributed by atoms with Gasteiger partial charge in [0.05, 0.1) is 5.70 Å². The van der Waals surface area contributed by atoms with Crippen LogP contribution >= 0.6 is 0 Å². The number of aliphatic imine (C=N–C) groups is 1. The highest BCUT2D eigenvalue weighted by atomic mass is 19.1. The summed E-state index contributed by atoms with van der Waals surface area (Å²) in [5, 5.41) is 0. The van der Waals surface area contributed by atoms with E-state index in [0.29, 0.717) is 5.70 Å². The highest BCUT2D eigenvalue weighted by Crippen LogP contribution is 1.98. The summed E-state index contributed by atoms with van der Waals surface area (Å²) in [7, 11) is 0. The fraction of sp³-hybridized carbons (Fsp3) is 0.286. The second kappa shape index (κ2) is 5.76. The third-order valence-electron chi connectivity index (χ3n) is 0.839. The van der Waals surface area contributed by atoms with Crippen molar-refractivity contribution < 1.29 is 9.23 Å². The Morgan fingerprint density at radius 1 is 1.82 bits per heavy atom. The first-order valence-electron chi connectivity index (χ1n) is 3.04. The Hall–Kier alpha value is -1.00. The van der Waals surface area contributed by atoms with Gasteiger partial charge in [0.25, 0.3) is 0 Å². The number of hydrogen-bond acceptors (Lipinski definition) is 3. The molecule has 2 N–H and O–H groups in total. The second-order valence-electron chi connectivity index (χ2n) is 1.81. The fourth-order valence-electron chi connectivity index (χ4n) is 0.537. The van der Waals surface area contributed by atoms with E-state index < -0.39 is 5.97 Å². The fourth-order valence-corrected chi connectivity index (χ4v) is 0.537. The van der Waals surface area contributed by atoms with E-state index in [1.165, 1.54) is 19.1 Å². The van der Waals surface area contributed by atoms with Crippen LogP contribution in [0.3, 0.4) is 0 Å². The van der Waals surface area contributed by atoms with Crippen molar-refractivity contribution in [3.8, 4) is 0 Å². The molecule has 0 aromatic carbocycles. The third kappa shape index (κ3) is 5.44. The number of rotatable bonds is 4. The number of allylic oxidation sites excluding steroid dienone is 2. The first kappa shape index (κ1) is 10.0. The zero-order valence-corrected chi connectivity index (χ0v) is 6.38. The molecule has 0 aliphatic heterocycles. The van der Waals surface area contributed by atoms with Crippen LogP contribution in [0.5, 0.6) is 0 Å². The normalized spacial score (nSPS) is 13.4. The summed E-state index contributed by atoms with van der Waals surface area (Å²) in [5.74, 6) is 4.24. The van der Waals surface area contributed by atoms with Crippen molar-refractivity contribution in [2.45, 2.75) is 6.92 Å². The number of halogens is 1. The van der Waals surface area contributed by atoms with Crippen LogP contribution in [0.15, 0.2) is 29.4 Å². The van der Waals surface area contributed by atoms with E-state index in [0.717, 1.165) is 0 Å². The topological polar surface area (TPSA) is 47.6 Å². The second-order valence-corrected chi connectivity index (χ2v) is 1.81. The molecule has 0 rings (SSSR count). The molecule has 0 amide bonds. The van der Waals surface area contributed by atoms with Crippen molar-refractivity contribution in [3.63, 3.8) is 0 Å². The molecule has 0 aliphatic carbocycles. The van der Waals surface area contributed by atoms with Crippen LogP contribution < -0.4 is 5.90 Å². The van der Waals surface area contributed by atoms with E-state index in [9.17, 15) is 4.39 Å². The Balaban J connectivity index is 4.22. The summed E-state index contributed by atoms with van der Waals surface area (Å²) in [4.78, 5) is 7.76. The van der Waals surface area contributed by atoms with Gasteiger partial charge in [-0.3, -0.25) is 4.84 Å². The van der Waals surface area contributed by atoms with Crippen LogP contribution in [0.1, 0.15) is 6.92 Å². The molecule has 0 unspecified atom stereocenters. The van der Waals surface area contributed by atoms with Gasteiger partial charge < -0.3 is 0 Å². The smallest absolute Gasteiger partial charge is 0.186 e. The van der Waals surface area contributed by atoms with E-state index >= 15 is 0 Å². The molecule has 4 heteroatoms. The monoisotopic (exact) mass is 158 g/mol. The maximum Gasteiger partial charge on any atom is 0.186 e. The van der Waals surface area contributed by atoms with Gasteiger partial charge in [0, 0.05) is 6.92 Å². The molecule has 0 heterocycles. The van der Waals surface area contributed by atoms with Crippen molar-refractivity contribution in [1.29, 1.82) is 0 Å². The number of nitrogens with zero attached hydrogens (tertiary/aromatic N) is 1. The highest BCUT2D eigenvalue weighted by Gasteiger charge is 1.93. The molecular weight excluding hydrogens is 147 g/mol. The van der Waals surface area contributed by atoms with Crippen molar-refractivity contribution in [3.05, 3.63) is 24.4 Å². The summed E-state index contributed by atoms with van der Waals surface area (Å²) < 4.78 is 12.2. The molecule has 0 spiro atoms. The van der Waals surface area contributed by atoms with Crippen LogP contribution in [0.4, 0.5) is 4.39 Å². The summed E-state index contributed by atoms with van der Waals surface area (Å²) >= 11 is 0. The van der Waals surface area contributed by atoms with Crippen LogP contribution in [-0.2, 0) is 4.84 Å². The Bertz CT molecular complexity index is 183. The Morgan fingerprint density at radius 2 is 2.45 bits per heavy atom. The van der Waals surface area contributed by atoms with Crippen LogP contribution in [0.2, 0.25) is 0 Å². The molecule has 0 aromatic heterocycles. The van der Waals surface area contributed by atoms with Gasteiger partial charge in [-0.15, -0.1) is 0 Å². The lowest BCUT2D eigenvalue weighted by atomic mass is 10.4. The minimum absolute atomic E-state index is 0.0767. The van der Waals surface area contributed by atoms with Crippen molar-refractivity contribution in [2.24, 2.45) is 10.9 Å². The Labute approximate surface area is 65.0 Å². The summed E-state index contributed by atoms with van der Waals surface area (Å²) in [6.45, 7) is 4.75. The SMILES string of the molecule is C=C/C=C(/CON)N=C(C)F. The van der Waals surface area contributed by atoms with Gasteiger partial charge in [-0.1, -0.05) is 12.7 Å². The Kier molecular flexibility index (Phi) is 5.24. The van der Waals surface area contributed by atoms with E-state index in [-0.39, 0.29) is 6.61 Å². The summed E-state index contributed by atoms with van der Waals surface area (Å²) in [5.41, 5.74) is 0.405. The van der Waals surface area contributed by atoms with Gasteiger partial charge in [0.1, 0.15) is 6.61 Å². The lowest BCUT2D eigenvalue weighted by molar-refractivity contribution is 0.160. The van der Waals surface area contributed by atoms with Crippen LogP contribution in [-0.4, -0.2) is 12.6 Å². The van der Waals surface area contributed by atoms with Gasteiger partial charge in [0.15, 0.2) is 5.97 Å². The van der Waals surface area contributed by atoms with E-state index in [2.05, 4.69) is 16.4 Å². The van der Waals surface area contributed by atoms with Gasteiger partial charge in [-0.05, 0) is 6.08 Å². The zero-order chi connectivity index (χ0) is 8.69. The third-order valence-corrected chi connectivity index (χ3v) is 0.839. The quantitative estimate of drug-likeness (QED) is 0.381. The van der Waals surface area contributed by atoms with E-state index in [1.807, 2.05) is 0 Å². The molecule has 0 bridgehead atoms. The lowest BCUT2D eigenvalue weighted by Gasteiger charge is -1.96. The van der Waals surface area contributed by atoms with Gasteiger partial charge >= 0.3 is 0 Å². The molecule has 0 saturated carbocycles. The Morgan fingerprint density at radius 3 is 2.82 bits per heavy atom. The summed E-state index contributed by atoms with van der Waals surface area (Å²) in [6, 6.07) is 0. The molecule has 0 radical (unpaired) electrons. The molecule has 62 valence electrons.